The summed E-state index contributed by atoms with van der Waals surface area (Å²) in [7, 11) is 0. The Bertz CT molecular complexity index is 828. The third-order valence-corrected chi connectivity index (χ3v) is 8.40. The van der Waals surface area contributed by atoms with Crippen LogP contribution in [0.25, 0.3) is 0 Å². The number of hydrogen-bond donors (Lipinski definition) is 0. The van der Waals surface area contributed by atoms with E-state index in [1.165, 1.54) is 11.3 Å². The van der Waals surface area contributed by atoms with Crippen molar-refractivity contribution in [1.29, 1.82) is 0 Å². The number of aliphatic imine (C=N–C) groups is 1. The molecule has 4 atom stereocenters. The van der Waals surface area contributed by atoms with Crippen molar-refractivity contribution in [1.82, 2.24) is 4.90 Å². The Morgan fingerprint density at radius 2 is 1.83 bits per heavy atom. The van der Waals surface area contributed by atoms with E-state index >= 15 is 0 Å². The fourth-order valence-electron chi connectivity index (χ4n) is 5.77. The second kappa shape index (κ2) is 13.8. The van der Waals surface area contributed by atoms with Crippen LogP contribution in [-0.2, 0) is 14.4 Å². The highest BCUT2D eigenvalue weighted by atomic mass is 16.2. The normalized spacial score (nSPS) is 30.9. The van der Waals surface area contributed by atoms with E-state index < -0.39 is 5.91 Å². The van der Waals surface area contributed by atoms with Gasteiger partial charge in [-0.1, -0.05) is 40.0 Å². The van der Waals surface area contributed by atoms with Crippen LogP contribution in [0.4, 0.5) is 0 Å². The van der Waals surface area contributed by atoms with Crippen LogP contribution in [-0.4, -0.2) is 53.7 Å². The van der Waals surface area contributed by atoms with Gasteiger partial charge in [0.2, 0.25) is 5.91 Å². The molecule has 0 saturated heterocycles. The highest BCUT2D eigenvalue weighted by Crippen LogP contribution is 2.30. The third kappa shape index (κ3) is 7.65. The van der Waals surface area contributed by atoms with Gasteiger partial charge in [0.25, 0.3) is 5.91 Å². The van der Waals surface area contributed by atoms with Crippen LogP contribution in [0.1, 0.15) is 97.8 Å². The molecule has 2 amide bonds. The van der Waals surface area contributed by atoms with Crippen molar-refractivity contribution in [2.75, 3.05) is 13.1 Å². The summed E-state index contributed by atoms with van der Waals surface area (Å²) in [6.45, 7) is 7.19. The van der Waals surface area contributed by atoms with Crippen molar-refractivity contribution < 1.29 is 14.4 Å². The monoisotopic (exact) mass is 484 g/mol. The van der Waals surface area contributed by atoms with Crippen molar-refractivity contribution in [3.05, 3.63) is 0 Å². The largest absolute Gasteiger partial charge is 0.292 e. The number of ketones is 1. The van der Waals surface area contributed by atoms with Crippen molar-refractivity contribution in [2.45, 2.75) is 97.8 Å². The van der Waals surface area contributed by atoms with Crippen molar-refractivity contribution in [3.63, 3.8) is 0 Å². The van der Waals surface area contributed by atoms with Crippen LogP contribution in [0.5, 0.6) is 0 Å². The summed E-state index contributed by atoms with van der Waals surface area (Å²) in [5.74, 6) is 0.613. The smallest absolute Gasteiger partial charge is 0.282 e. The first kappa shape index (κ1) is 27.4. The number of nitrogens with zero attached hydrogens (tertiary/aromatic N) is 4. The number of amides is 2. The lowest BCUT2D eigenvalue weighted by molar-refractivity contribution is -0.145. The second-order valence-electron chi connectivity index (χ2n) is 10.8. The number of carbonyl (C=O) groups is 3. The van der Waals surface area contributed by atoms with Gasteiger partial charge in [-0.05, 0) is 75.0 Å². The number of carbonyl (C=O) groups excluding carboxylic acids is 3. The topological polar surface area (TPSA) is 91.5 Å². The SMILES string of the molecule is CCC1CCN=C(C(=O)CCCC2CC/C=N/N=C\C(C)C2C)C(=O)N(CC2CCCCC2)C1=O. The molecule has 0 bridgehead atoms. The quantitative estimate of drug-likeness (QED) is 0.439. The lowest BCUT2D eigenvalue weighted by Gasteiger charge is -2.32. The molecule has 0 aromatic rings. The fraction of sp³-hybridized carbons (Fsp3) is 0.786. The minimum Gasteiger partial charge on any atom is -0.292 e. The lowest BCUT2D eigenvalue weighted by Crippen LogP contribution is -2.49. The summed E-state index contributed by atoms with van der Waals surface area (Å²) >= 11 is 0. The summed E-state index contributed by atoms with van der Waals surface area (Å²) in [5, 5.41) is 8.20. The van der Waals surface area contributed by atoms with Crippen LogP contribution in [0.3, 0.4) is 0 Å². The molecule has 0 radical (unpaired) electrons. The van der Waals surface area contributed by atoms with Crippen LogP contribution in [0.2, 0.25) is 0 Å². The molecule has 2 aliphatic heterocycles. The molecule has 194 valence electrons. The van der Waals surface area contributed by atoms with Crippen molar-refractivity contribution in [3.8, 4) is 0 Å². The molecule has 7 nitrogen and oxygen atoms in total. The summed E-state index contributed by atoms with van der Waals surface area (Å²) in [6.07, 6.45) is 14.5. The first-order chi connectivity index (χ1) is 16.9. The molecule has 35 heavy (non-hydrogen) atoms. The van der Waals surface area contributed by atoms with E-state index in [-0.39, 0.29) is 23.3 Å². The van der Waals surface area contributed by atoms with E-state index in [0.29, 0.717) is 56.0 Å². The van der Waals surface area contributed by atoms with Crippen LogP contribution >= 0.6 is 0 Å². The molecule has 4 unspecified atom stereocenters. The Labute approximate surface area is 210 Å². The van der Waals surface area contributed by atoms with E-state index in [2.05, 4.69) is 29.0 Å². The predicted molar refractivity (Wildman–Crippen MR) is 141 cm³/mol. The van der Waals surface area contributed by atoms with Gasteiger partial charge >= 0.3 is 0 Å². The molecule has 1 fully saturated rings. The van der Waals surface area contributed by atoms with Crippen molar-refractivity contribution >= 4 is 35.7 Å². The van der Waals surface area contributed by atoms with Gasteiger partial charge in [-0.3, -0.25) is 24.3 Å². The van der Waals surface area contributed by atoms with Gasteiger partial charge < -0.3 is 0 Å². The van der Waals surface area contributed by atoms with Gasteiger partial charge in [-0.25, -0.2) is 0 Å². The van der Waals surface area contributed by atoms with E-state index in [9.17, 15) is 14.4 Å². The number of Topliss-reactive ketones (excluding diaryl/α,β-unsaturated/α-hetero) is 1. The molecule has 0 N–H and O–H groups in total. The highest BCUT2D eigenvalue weighted by molar-refractivity contribution is 6.66. The van der Waals surface area contributed by atoms with Gasteiger partial charge in [-0.15, -0.1) is 0 Å². The number of rotatable bonds is 8. The second-order valence-corrected chi connectivity index (χ2v) is 10.8. The molecule has 0 spiro atoms. The minimum atomic E-state index is -0.458. The molecule has 1 aliphatic carbocycles. The molecule has 1 saturated carbocycles. The van der Waals surface area contributed by atoms with Gasteiger partial charge in [-0.2, -0.15) is 10.2 Å². The zero-order valence-corrected chi connectivity index (χ0v) is 22.0. The maximum Gasteiger partial charge on any atom is 0.282 e. The average molecular weight is 485 g/mol. The Hall–Kier alpha value is -2.18. The van der Waals surface area contributed by atoms with Gasteiger partial charge in [0, 0.05) is 37.9 Å². The molecule has 0 aromatic heterocycles. The number of imide groups is 1. The molecule has 3 aliphatic rings. The van der Waals surface area contributed by atoms with Gasteiger partial charge in [0.05, 0.1) is 0 Å². The predicted octanol–water partition coefficient (Wildman–Crippen LogP) is 5.27. The van der Waals surface area contributed by atoms with Crippen LogP contribution in [0.15, 0.2) is 15.2 Å². The third-order valence-electron chi connectivity index (χ3n) is 8.40. The molecule has 7 heteroatoms. The highest BCUT2D eigenvalue weighted by Gasteiger charge is 2.36. The summed E-state index contributed by atoms with van der Waals surface area (Å²) < 4.78 is 0. The van der Waals surface area contributed by atoms with E-state index in [4.69, 9.17) is 0 Å². The Balaban J connectivity index is 1.65. The van der Waals surface area contributed by atoms with E-state index in [1.807, 2.05) is 19.4 Å². The zero-order valence-electron chi connectivity index (χ0n) is 22.0. The Kier molecular flexibility index (Phi) is 10.8. The van der Waals surface area contributed by atoms with Gasteiger partial charge in [0.1, 0.15) is 0 Å². The van der Waals surface area contributed by atoms with E-state index in [0.717, 1.165) is 51.4 Å². The van der Waals surface area contributed by atoms with Gasteiger partial charge in [0.15, 0.2) is 11.5 Å². The van der Waals surface area contributed by atoms with E-state index in [1.54, 1.807) is 0 Å². The molecule has 3 rings (SSSR count). The van der Waals surface area contributed by atoms with Crippen LogP contribution < -0.4 is 0 Å². The summed E-state index contributed by atoms with van der Waals surface area (Å²) in [4.78, 5) is 45.8. The minimum absolute atomic E-state index is 0.00105. The fourth-order valence-corrected chi connectivity index (χ4v) is 5.77. The summed E-state index contributed by atoms with van der Waals surface area (Å²) in [5.41, 5.74) is -0.00105. The molecular formula is C28H44N4O3. The molecule has 2 heterocycles. The van der Waals surface area contributed by atoms with Crippen LogP contribution in [0, 0.1) is 29.6 Å². The standard InChI is InChI=1S/C28H44N4O3/c1-4-23-15-17-29-26(28(35)32(27(23)34)19-22-10-6-5-7-11-22)25(33)14-8-12-24-13-9-16-30-31-18-20(2)21(24)3/h16,18,20-24H,4-15,17,19H2,1-3H3/b29-26?,30-16+,31-18-. The maximum atomic E-state index is 13.5. The Morgan fingerprint density at radius 1 is 1.06 bits per heavy atom. The summed E-state index contributed by atoms with van der Waals surface area (Å²) in [6, 6.07) is 0. The molecular weight excluding hydrogens is 440 g/mol. The Morgan fingerprint density at radius 3 is 2.57 bits per heavy atom. The van der Waals surface area contributed by atoms with Crippen molar-refractivity contribution in [2.24, 2.45) is 44.8 Å². The first-order valence-electron chi connectivity index (χ1n) is 13.9. The maximum absolute atomic E-state index is 13.5. The zero-order chi connectivity index (χ0) is 25.2. The average Bonchev–Trinajstić information content (AvgIpc) is 2.93. The lowest BCUT2D eigenvalue weighted by atomic mass is 9.79. The first-order valence-corrected chi connectivity index (χ1v) is 13.9. The molecule has 0 aromatic carbocycles. The number of hydrogen-bond acceptors (Lipinski definition) is 6.